The minimum Gasteiger partial charge on any atom is -0.395 e. The Hall–Kier alpha value is -2.97. The lowest BCUT2D eigenvalue weighted by molar-refractivity contribution is -0.151. The zero-order valence-electron chi connectivity index (χ0n) is 20.5. The number of fused-ring (bicyclic) bond motifs is 2. The second-order valence-corrected chi connectivity index (χ2v) is 10.8. The molecule has 0 aliphatic carbocycles. The van der Waals surface area contributed by atoms with Crippen LogP contribution in [0.15, 0.2) is 54.6 Å². The van der Waals surface area contributed by atoms with Crippen LogP contribution in [0, 0.1) is 11.8 Å². The first kappa shape index (κ1) is 23.8. The number of aliphatic hydroxyl groups is 1. The quantitative estimate of drug-likeness (QED) is 0.659. The van der Waals surface area contributed by atoms with Gasteiger partial charge in [0.05, 0.1) is 24.5 Å². The van der Waals surface area contributed by atoms with Crippen molar-refractivity contribution in [1.29, 1.82) is 0 Å². The molecule has 186 valence electrons. The molecule has 0 bridgehead atoms. The predicted molar refractivity (Wildman–Crippen MR) is 129 cm³/mol. The fraction of sp³-hybridized carbons (Fsp3) is 0.519. The minimum absolute atomic E-state index is 0.0117. The predicted octanol–water partition coefficient (Wildman–Crippen LogP) is 1.36. The van der Waals surface area contributed by atoms with Gasteiger partial charge in [0.25, 0.3) is 0 Å². The van der Waals surface area contributed by atoms with Crippen molar-refractivity contribution in [2.24, 2.45) is 11.8 Å². The van der Waals surface area contributed by atoms with Crippen molar-refractivity contribution >= 4 is 17.7 Å². The Bertz CT molecular complexity index is 1080. The summed E-state index contributed by atoms with van der Waals surface area (Å²) < 4.78 is 6.58. The molecule has 1 spiro atoms. The Labute approximate surface area is 205 Å². The third-order valence-electron chi connectivity index (χ3n) is 7.61. The highest BCUT2D eigenvalue weighted by atomic mass is 16.5. The van der Waals surface area contributed by atoms with Crippen LogP contribution in [-0.2, 0) is 25.7 Å². The van der Waals surface area contributed by atoms with E-state index >= 15 is 0 Å². The second kappa shape index (κ2) is 8.60. The molecular weight excluding hydrogens is 446 g/mol. The van der Waals surface area contributed by atoms with Crippen molar-refractivity contribution in [3.05, 3.63) is 60.2 Å². The summed E-state index contributed by atoms with van der Waals surface area (Å²) in [6.07, 6.45) is 6.89. The lowest BCUT2D eigenvalue weighted by Gasteiger charge is -2.40. The first-order valence-corrected chi connectivity index (χ1v) is 12.3. The molecule has 0 saturated carbocycles. The molecule has 2 fully saturated rings. The molecular formula is C27H33N3O5. The van der Waals surface area contributed by atoms with Crippen LogP contribution < -0.4 is 0 Å². The van der Waals surface area contributed by atoms with Crippen molar-refractivity contribution in [3.8, 4) is 0 Å². The van der Waals surface area contributed by atoms with Crippen LogP contribution in [0.25, 0.3) is 0 Å². The number of benzene rings is 1. The Morgan fingerprint density at radius 2 is 1.77 bits per heavy atom. The summed E-state index contributed by atoms with van der Waals surface area (Å²) in [6.45, 7) is 6.83. The molecule has 1 unspecified atom stereocenters. The van der Waals surface area contributed by atoms with Gasteiger partial charge in [-0.05, 0) is 26.3 Å². The molecule has 8 heteroatoms. The molecule has 2 saturated heterocycles. The number of hydrogen-bond donors (Lipinski definition) is 1. The van der Waals surface area contributed by atoms with E-state index < -0.39 is 35.1 Å². The van der Waals surface area contributed by atoms with Gasteiger partial charge in [-0.25, -0.2) is 0 Å². The highest BCUT2D eigenvalue weighted by Gasteiger charge is 2.71. The third-order valence-corrected chi connectivity index (χ3v) is 7.61. The van der Waals surface area contributed by atoms with Crippen LogP contribution in [0.2, 0.25) is 0 Å². The SMILES string of the molecule is CC(C)(C)N1CC=C[C@]23O[C@@H]4C=CCN(Cc5ccccc5)C(=O)[C@@H]4[C@H]2C(=O)N(CCO)C3C1=O. The first-order valence-electron chi connectivity index (χ1n) is 12.3. The van der Waals surface area contributed by atoms with Gasteiger partial charge < -0.3 is 24.5 Å². The zero-order valence-corrected chi connectivity index (χ0v) is 20.5. The average Bonchev–Trinajstić information content (AvgIpc) is 3.11. The largest absolute Gasteiger partial charge is 0.395 e. The van der Waals surface area contributed by atoms with Gasteiger partial charge in [0.1, 0.15) is 11.6 Å². The topological polar surface area (TPSA) is 90.4 Å². The summed E-state index contributed by atoms with van der Waals surface area (Å²) in [4.78, 5) is 46.6. The number of aliphatic hydroxyl groups excluding tert-OH is 1. The Morgan fingerprint density at radius 3 is 2.46 bits per heavy atom. The second-order valence-electron chi connectivity index (χ2n) is 10.8. The Balaban J connectivity index is 1.55. The molecule has 35 heavy (non-hydrogen) atoms. The van der Waals surface area contributed by atoms with Gasteiger partial charge in [-0.1, -0.05) is 54.6 Å². The molecule has 0 radical (unpaired) electrons. The van der Waals surface area contributed by atoms with E-state index in [2.05, 4.69) is 0 Å². The normalized spacial score (nSPS) is 32.5. The zero-order chi connectivity index (χ0) is 25.0. The number of rotatable bonds is 4. The highest BCUT2D eigenvalue weighted by Crippen LogP contribution is 2.53. The van der Waals surface area contributed by atoms with Gasteiger partial charge in [-0.3, -0.25) is 14.4 Å². The van der Waals surface area contributed by atoms with Crippen molar-refractivity contribution in [1.82, 2.24) is 14.7 Å². The van der Waals surface area contributed by atoms with Gasteiger partial charge in [-0.15, -0.1) is 0 Å². The molecule has 1 aromatic rings. The van der Waals surface area contributed by atoms with Gasteiger partial charge >= 0.3 is 0 Å². The molecule has 4 aliphatic rings. The van der Waals surface area contributed by atoms with Crippen LogP contribution in [0.1, 0.15) is 26.3 Å². The average molecular weight is 480 g/mol. The maximum Gasteiger partial charge on any atom is 0.249 e. The lowest BCUT2D eigenvalue weighted by Crippen LogP contribution is -2.59. The van der Waals surface area contributed by atoms with Crippen LogP contribution in [0.5, 0.6) is 0 Å². The third kappa shape index (κ3) is 3.70. The summed E-state index contributed by atoms with van der Waals surface area (Å²) in [6, 6.07) is 8.82. The van der Waals surface area contributed by atoms with E-state index in [-0.39, 0.29) is 30.9 Å². The fourth-order valence-electron chi connectivity index (χ4n) is 6.09. The number of nitrogens with zero attached hydrogens (tertiary/aromatic N) is 3. The van der Waals surface area contributed by atoms with E-state index in [4.69, 9.17) is 4.74 Å². The molecule has 8 nitrogen and oxygen atoms in total. The standard InChI is InChI=1S/C27H33N3O5/c1-26(2,3)30-14-8-12-27-21(24(33)29(15-16-31)22(27)25(30)34)20-19(35-27)11-7-13-28(23(20)32)17-18-9-5-4-6-10-18/h4-12,19-22,31H,13-17H2,1-3H3/t19-,20+,21+,22?,27+/m1/s1. The van der Waals surface area contributed by atoms with E-state index in [0.717, 1.165) is 5.56 Å². The molecule has 1 aromatic carbocycles. The van der Waals surface area contributed by atoms with E-state index in [1.165, 1.54) is 4.90 Å². The number of β-amino-alcohol motifs (C(OH)–C–C–N with tert-alkyl or cyclic N) is 1. The van der Waals surface area contributed by atoms with Crippen LogP contribution in [-0.4, -0.2) is 87.1 Å². The monoisotopic (exact) mass is 479 g/mol. The number of amides is 3. The Kier molecular flexibility index (Phi) is 5.84. The van der Waals surface area contributed by atoms with Crippen LogP contribution in [0.4, 0.5) is 0 Å². The van der Waals surface area contributed by atoms with Gasteiger partial charge in [0.15, 0.2) is 0 Å². The number of ether oxygens (including phenoxy) is 1. The fourth-order valence-corrected chi connectivity index (χ4v) is 6.09. The summed E-state index contributed by atoms with van der Waals surface area (Å²) in [7, 11) is 0. The highest BCUT2D eigenvalue weighted by molar-refractivity contribution is 6.00. The summed E-state index contributed by atoms with van der Waals surface area (Å²) >= 11 is 0. The van der Waals surface area contributed by atoms with Crippen LogP contribution >= 0.6 is 0 Å². The van der Waals surface area contributed by atoms with Crippen molar-refractivity contribution in [3.63, 3.8) is 0 Å². The first-order chi connectivity index (χ1) is 16.7. The number of carbonyl (C=O) groups is 3. The van der Waals surface area contributed by atoms with E-state index in [1.807, 2.05) is 75.4 Å². The molecule has 5 atom stereocenters. The van der Waals surface area contributed by atoms with E-state index in [1.54, 1.807) is 9.80 Å². The van der Waals surface area contributed by atoms with Crippen molar-refractivity contribution in [2.75, 3.05) is 26.2 Å². The Morgan fingerprint density at radius 1 is 1.03 bits per heavy atom. The van der Waals surface area contributed by atoms with Gasteiger partial charge in [0, 0.05) is 31.7 Å². The van der Waals surface area contributed by atoms with E-state index in [0.29, 0.717) is 19.6 Å². The molecule has 4 heterocycles. The number of carbonyl (C=O) groups excluding carboxylic acids is 3. The number of likely N-dealkylation sites (tertiary alicyclic amines) is 1. The maximum atomic E-state index is 13.9. The van der Waals surface area contributed by atoms with Crippen LogP contribution in [0.3, 0.4) is 0 Å². The van der Waals surface area contributed by atoms with E-state index in [9.17, 15) is 19.5 Å². The van der Waals surface area contributed by atoms with Crippen molar-refractivity contribution < 1.29 is 24.2 Å². The van der Waals surface area contributed by atoms with Crippen molar-refractivity contribution in [2.45, 2.75) is 50.6 Å². The van der Waals surface area contributed by atoms with Gasteiger partial charge in [-0.2, -0.15) is 0 Å². The molecule has 1 N–H and O–H groups in total. The summed E-state index contributed by atoms with van der Waals surface area (Å²) in [5.41, 5.74) is -0.720. The molecule has 3 amide bonds. The lowest BCUT2D eigenvalue weighted by atomic mass is 9.77. The van der Waals surface area contributed by atoms with Gasteiger partial charge in [0.2, 0.25) is 17.7 Å². The summed E-state index contributed by atoms with van der Waals surface area (Å²) in [5.74, 6) is -2.26. The summed E-state index contributed by atoms with van der Waals surface area (Å²) in [5, 5.41) is 9.75. The molecule has 4 aliphatic heterocycles. The smallest absolute Gasteiger partial charge is 0.249 e. The minimum atomic E-state index is -1.26. The molecule has 0 aromatic heterocycles. The maximum absolute atomic E-state index is 13.9. The number of hydrogen-bond acceptors (Lipinski definition) is 5. The molecule has 5 rings (SSSR count).